The number of benzene rings is 2. The summed E-state index contributed by atoms with van der Waals surface area (Å²) in [7, 11) is 1.69. The van der Waals surface area contributed by atoms with Crippen molar-refractivity contribution in [2.24, 2.45) is 0 Å². The summed E-state index contributed by atoms with van der Waals surface area (Å²) in [6.45, 7) is 0. The number of ether oxygens (including phenoxy) is 1. The zero-order valence-electron chi connectivity index (χ0n) is 13.7. The Balaban J connectivity index is 1.94. The predicted octanol–water partition coefficient (Wildman–Crippen LogP) is 4.76. The third-order valence-corrected chi connectivity index (χ3v) is 4.24. The maximum absolute atomic E-state index is 11.0. The van der Waals surface area contributed by atoms with Gasteiger partial charge < -0.3 is 4.74 Å². The number of nitrogens with one attached hydrogen (secondary N) is 1. The maximum Gasteiger partial charge on any atom is 0.243 e. The minimum atomic E-state index is -0.351. The second-order valence-corrected chi connectivity index (χ2v) is 6.07. The molecule has 128 valence electrons. The fourth-order valence-corrected chi connectivity index (χ4v) is 2.75. The van der Waals surface area contributed by atoms with E-state index in [1.165, 1.54) is 0 Å². The van der Waals surface area contributed by atoms with Crippen LogP contribution < -0.4 is 5.48 Å². The van der Waals surface area contributed by atoms with Crippen molar-refractivity contribution in [3.8, 4) is 11.1 Å². The van der Waals surface area contributed by atoms with E-state index in [-0.39, 0.29) is 12.0 Å². The van der Waals surface area contributed by atoms with Gasteiger partial charge in [-0.05, 0) is 41.7 Å². The molecule has 0 aromatic heterocycles. The summed E-state index contributed by atoms with van der Waals surface area (Å²) >= 11 is 5.92. The summed E-state index contributed by atoms with van der Waals surface area (Å²) in [4.78, 5) is 11.0. The molecular formula is C19H22ClNO3. The van der Waals surface area contributed by atoms with Gasteiger partial charge in [0, 0.05) is 18.6 Å². The van der Waals surface area contributed by atoms with Crippen LogP contribution in [0.5, 0.6) is 0 Å². The predicted molar refractivity (Wildman–Crippen MR) is 95.0 cm³/mol. The van der Waals surface area contributed by atoms with Gasteiger partial charge in [0.15, 0.2) is 0 Å². The molecule has 0 saturated heterocycles. The highest BCUT2D eigenvalue weighted by molar-refractivity contribution is 6.30. The lowest BCUT2D eigenvalue weighted by molar-refractivity contribution is -0.129. The van der Waals surface area contributed by atoms with Crippen molar-refractivity contribution < 1.29 is 14.7 Å². The molecule has 0 fully saturated rings. The van der Waals surface area contributed by atoms with E-state index >= 15 is 0 Å². The van der Waals surface area contributed by atoms with E-state index in [1.54, 1.807) is 12.6 Å². The number of halogens is 1. The Bertz CT molecular complexity index is 641. The molecule has 0 bridgehead atoms. The normalized spacial score (nSPS) is 12.0. The Morgan fingerprint density at radius 2 is 1.67 bits per heavy atom. The van der Waals surface area contributed by atoms with Crippen LogP contribution >= 0.6 is 11.6 Å². The Labute approximate surface area is 147 Å². The Morgan fingerprint density at radius 1 is 1.08 bits per heavy atom. The molecule has 24 heavy (non-hydrogen) atoms. The van der Waals surface area contributed by atoms with E-state index in [1.807, 2.05) is 24.3 Å². The highest BCUT2D eigenvalue weighted by Crippen LogP contribution is 2.27. The summed E-state index contributed by atoms with van der Waals surface area (Å²) in [6, 6.07) is 16.0. The minimum Gasteiger partial charge on any atom is -0.377 e. The summed E-state index contributed by atoms with van der Waals surface area (Å²) in [6.07, 6.45) is 2.72. The summed E-state index contributed by atoms with van der Waals surface area (Å²) in [5.74, 6) is -0.351. The third kappa shape index (κ3) is 5.34. The van der Waals surface area contributed by atoms with Crippen molar-refractivity contribution in [1.29, 1.82) is 0 Å². The van der Waals surface area contributed by atoms with Crippen LogP contribution in [0.1, 0.15) is 37.4 Å². The zero-order chi connectivity index (χ0) is 17.4. The maximum atomic E-state index is 11.0. The van der Waals surface area contributed by atoms with E-state index < -0.39 is 0 Å². The molecule has 2 aromatic rings. The van der Waals surface area contributed by atoms with Crippen molar-refractivity contribution in [3.63, 3.8) is 0 Å². The quantitative estimate of drug-likeness (QED) is 0.411. The monoisotopic (exact) mass is 347 g/mol. The molecule has 1 unspecified atom stereocenters. The first kappa shape index (κ1) is 18.5. The molecule has 1 amide bonds. The first-order valence-electron chi connectivity index (χ1n) is 7.95. The largest absolute Gasteiger partial charge is 0.377 e. The number of carbonyl (C=O) groups is 1. The van der Waals surface area contributed by atoms with Crippen LogP contribution in [0.25, 0.3) is 11.1 Å². The molecule has 2 aromatic carbocycles. The molecule has 0 heterocycles. The van der Waals surface area contributed by atoms with Gasteiger partial charge >= 0.3 is 0 Å². The van der Waals surface area contributed by atoms with E-state index in [0.717, 1.165) is 41.0 Å². The molecule has 0 saturated carbocycles. The third-order valence-electron chi connectivity index (χ3n) is 3.99. The van der Waals surface area contributed by atoms with E-state index in [2.05, 4.69) is 24.3 Å². The van der Waals surface area contributed by atoms with E-state index in [4.69, 9.17) is 21.5 Å². The summed E-state index contributed by atoms with van der Waals surface area (Å²) in [5.41, 5.74) is 5.01. The smallest absolute Gasteiger partial charge is 0.243 e. The lowest BCUT2D eigenvalue weighted by Gasteiger charge is -2.16. The lowest BCUT2D eigenvalue weighted by Crippen LogP contribution is -2.17. The number of hydrogen-bond donors (Lipinski definition) is 2. The highest BCUT2D eigenvalue weighted by Gasteiger charge is 2.11. The second kappa shape index (κ2) is 9.42. The average Bonchev–Trinajstić information content (AvgIpc) is 2.62. The number of hydroxylamine groups is 1. The molecule has 0 aliphatic carbocycles. The number of unbranched alkanes of at least 4 members (excludes halogenated alkanes) is 1. The van der Waals surface area contributed by atoms with Gasteiger partial charge in [0.1, 0.15) is 0 Å². The molecule has 4 nitrogen and oxygen atoms in total. The van der Waals surface area contributed by atoms with Gasteiger partial charge in [-0.2, -0.15) is 0 Å². The van der Waals surface area contributed by atoms with Crippen LogP contribution in [0.15, 0.2) is 48.5 Å². The van der Waals surface area contributed by atoms with Crippen LogP contribution in [-0.4, -0.2) is 18.2 Å². The molecule has 0 aliphatic rings. The minimum absolute atomic E-state index is 0.00135. The van der Waals surface area contributed by atoms with Crippen molar-refractivity contribution in [3.05, 3.63) is 59.1 Å². The lowest BCUT2D eigenvalue weighted by atomic mass is 9.99. The standard InChI is InChI=1S/C19H22ClNO3/c1-24-18(4-2-3-5-19(22)21-23)16-8-6-14(7-9-16)15-10-12-17(20)13-11-15/h6-13,18,23H,2-5H2,1H3,(H,21,22). The number of amides is 1. The average molecular weight is 348 g/mol. The molecule has 2 rings (SSSR count). The van der Waals surface area contributed by atoms with Gasteiger partial charge in [-0.15, -0.1) is 0 Å². The zero-order valence-corrected chi connectivity index (χ0v) is 14.4. The fourth-order valence-electron chi connectivity index (χ4n) is 2.62. The molecule has 5 heteroatoms. The van der Waals surface area contributed by atoms with Crippen molar-refractivity contribution >= 4 is 17.5 Å². The van der Waals surface area contributed by atoms with Crippen LogP contribution in [0.4, 0.5) is 0 Å². The Morgan fingerprint density at radius 3 is 2.21 bits per heavy atom. The van der Waals surface area contributed by atoms with Gasteiger partial charge in [0.05, 0.1) is 6.10 Å². The van der Waals surface area contributed by atoms with Crippen molar-refractivity contribution in [1.82, 2.24) is 5.48 Å². The molecule has 0 spiro atoms. The highest BCUT2D eigenvalue weighted by atomic mass is 35.5. The van der Waals surface area contributed by atoms with Gasteiger partial charge in [-0.25, -0.2) is 5.48 Å². The van der Waals surface area contributed by atoms with Gasteiger partial charge in [0.2, 0.25) is 5.91 Å². The van der Waals surface area contributed by atoms with E-state index in [9.17, 15) is 4.79 Å². The summed E-state index contributed by atoms with van der Waals surface area (Å²) in [5, 5.41) is 9.20. The van der Waals surface area contributed by atoms with Crippen LogP contribution in [0, 0.1) is 0 Å². The Kier molecular flexibility index (Phi) is 7.25. The first-order chi connectivity index (χ1) is 11.6. The molecular weight excluding hydrogens is 326 g/mol. The van der Waals surface area contributed by atoms with Crippen molar-refractivity contribution in [2.75, 3.05) is 7.11 Å². The first-order valence-corrected chi connectivity index (χ1v) is 8.33. The summed E-state index contributed by atoms with van der Waals surface area (Å²) < 4.78 is 5.56. The Hall–Kier alpha value is -1.88. The molecule has 0 aliphatic heterocycles. The van der Waals surface area contributed by atoms with E-state index in [0.29, 0.717) is 6.42 Å². The number of hydrogen-bond acceptors (Lipinski definition) is 3. The van der Waals surface area contributed by atoms with Gasteiger partial charge in [-0.1, -0.05) is 54.4 Å². The fraction of sp³-hybridized carbons (Fsp3) is 0.316. The number of carbonyl (C=O) groups excluding carboxylic acids is 1. The molecule has 2 N–H and O–H groups in total. The number of rotatable bonds is 8. The van der Waals surface area contributed by atoms with Crippen LogP contribution in [0.3, 0.4) is 0 Å². The molecule has 0 radical (unpaired) electrons. The molecule has 1 atom stereocenters. The van der Waals surface area contributed by atoms with Crippen LogP contribution in [-0.2, 0) is 9.53 Å². The van der Waals surface area contributed by atoms with Gasteiger partial charge in [0.25, 0.3) is 0 Å². The second-order valence-electron chi connectivity index (χ2n) is 5.63. The van der Waals surface area contributed by atoms with Gasteiger partial charge in [-0.3, -0.25) is 10.0 Å². The number of methoxy groups -OCH3 is 1. The topological polar surface area (TPSA) is 58.6 Å². The SMILES string of the molecule is COC(CCCCC(=O)NO)c1ccc(-c2ccc(Cl)cc2)cc1. The van der Waals surface area contributed by atoms with Crippen molar-refractivity contribution in [2.45, 2.75) is 31.8 Å². The van der Waals surface area contributed by atoms with Crippen LogP contribution in [0.2, 0.25) is 5.02 Å².